The fourth-order valence-electron chi connectivity index (χ4n) is 3.21. The van der Waals surface area contributed by atoms with Gasteiger partial charge < -0.3 is 4.90 Å². The monoisotopic (exact) mass is 392 g/mol. The number of amides is 3. The van der Waals surface area contributed by atoms with Gasteiger partial charge in [-0.1, -0.05) is 11.6 Å². The molecule has 1 aliphatic heterocycles. The summed E-state index contributed by atoms with van der Waals surface area (Å²) >= 11 is 7.52. The smallest absolute Gasteiger partial charge is 0.343 e. The normalized spacial score (nSPS) is 15.1. The fourth-order valence-corrected chi connectivity index (χ4v) is 4.25. The minimum absolute atomic E-state index is 0.00167. The van der Waals surface area contributed by atoms with Gasteiger partial charge in [0, 0.05) is 50.1 Å². The molecular formula is C19H23ClN3O2S+. The molecule has 1 saturated heterocycles. The van der Waals surface area contributed by atoms with E-state index in [1.54, 1.807) is 17.1 Å². The van der Waals surface area contributed by atoms with Crippen molar-refractivity contribution in [2.45, 2.75) is 25.8 Å². The van der Waals surface area contributed by atoms with Crippen molar-refractivity contribution in [2.24, 2.45) is 0 Å². The number of likely N-dealkylation sites (tertiary alicyclic amines) is 1. The summed E-state index contributed by atoms with van der Waals surface area (Å²) in [6.07, 6.45) is 1.65. The van der Waals surface area contributed by atoms with Gasteiger partial charge in [-0.15, -0.1) is 11.3 Å². The highest BCUT2D eigenvalue weighted by Crippen LogP contribution is 2.31. The predicted octanol–water partition coefficient (Wildman–Crippen LogP) is 3.33. The van der Waals surface area contributed by atoms with Crippen molar-refractivity contribution in [1.82, 2.24) is 9.80 Å². The third-order valence-electron chi connectivity index (χ3n) is 4.86. The van der Waals surface area contributed by atoms with Crippen LogP contribution in [0.5, 0.6) is 0 Å². The van der Waals surface area contributed by atoms with Crippen LogP contribution in [-0.4, -0.2) is 47.9 Å². The third-order valence-corrected chi connectivity index (χ3v) is 6.14. The van der Waals surface area contributed by atoms with Crippen LogP contribution < -0.4 is 5.32 Å². The van der Waals surface area contributed by atoms with Gasteiger partial charge in [0.2, 0.25) is 5.91 Å². The zero-order valence-electron chi connectivity index (χ0n) is 14.9. The summed E-state index contributed by atoms with van der Waals surface area (Å²) in [6.45, 7) is 3.03. The molecule has 2 N–H and O–H groups in total. The van der Waals surface area contributed by atoms with Crippen LogP contribution in [0.4, 0.5) is 10.5 Å². The maximum Gasteiger partial charge on any atom is 0.420 e. The zero-order valence-corrected chi connectivity index (χ0v) is 16.5. The summed E-state index contributed by atoms with van der Waals surface area (Å²) in [5.41, 5.74) is 1.98. The highest BCUT2D eigenvalue weighted by atomic mass is 35.5. The lowest BCUT2D eigenvalue weighted by atomic mass is 10.0. The number of nitrogens with two attached hydrogens (primary N) is 1. The molecular weight excluding hydrogens is 370 g/mol. The lowest BCUT2D eigenvalue weighted by Gasteiger charge is -2.35. The van der Waals surface area contributed by atoms with Gasteiger partial charge in [-0.05, 0) is 42.7 Å². The molecule has 2 aromatic rings. The van der Waals surface area contributed by atoms with E-state index in [9.17, 15) is 9.59 Å². The fraction of sp³-hybridized carbons (Fsp3) is 0.368. The number of carbonyl (C=O) groups excluding carboxylic acids is 2. The Bertz CT molecular complexity index is 782. The molecule has 0 aliphatic carbocycles. The first-order valence-electron chi connectivity index (χ1n) is 8.67. The van der Waals surface area contributed by atoms with Crippen molar-refractivity contribution in [3.05, 3.63) is 40.7 Å². The molecule has 138 valence electrons. The Morgan fingerprint density at radius 1 is 1.15 bits per heavy atom. The molecule has 0 spiro atoms. The van der Waals surface area contributed by atoms with Crippen molar-refractivity contribution >= 4 is 40.6 Å². The van der Waals surface area contributed by atoms with Crippen molar-refractivity contribution in [2.75, 3.05) is 20.1 Å². The van der Waals surface area contributed by atoms with Gasteiger partial charge in [-0.25, -0.2) is 10.1 Å². The maximum atomic E-state index is 12.6. The van der Waals surface area contributed by atoms with E-state index < -0.39 is 0 Å². The second-order valence-corrected chi connectivity index (χ2v) is 8.27. The minimum Gasteiger partial charge on any atom is -0.343 e. The van der Waals surface area contributed by atoms with Gasteiger partial charge in [0.1, 0.15) is 5.69 Å². The largest absolute Gasteiger partial charge is 0.420 e. The van der Waals surface area contributed by atoms with E-state index in [1.165, 1.54) is 11.3 Å². The zero-order chi connectivity index (χ0) is 18.7. The van der Waals surface area contributed by atoms with Crippen LogP contribution in [0.1, 0.15) is 19.8 Å². The number of urea groups is 1. The van der Waals surface area contributed by atoms with Crippen LogP contribution >= 0.6 is 22.9 Å². The van der Waals surface area contributed by atoms with Crippen molar-refractivity contribution in [3.8, 4) is 10.4 Å². The van der Waals surface area contributed by atoms with E-state index >= 15 is 0 Å². The second kappa shape index (κ2) is 8.20. The average Bonchev–Trinajstić information content (AvgIpc) is 3.08. The highest BCUT2D eigenvalue weighted by Gasteiger charge is 2.28. The molecule has 7 heteroatoms. The lowest BCUT2D eigenvalue weighted by molar-refractivity contribution is -0.473. The molecule has 3 rings (SSSR count). The third kappa shape index (κ3) is 4.44. The number of primary amides is 1. The number of halogens is 1. The molecule has 26 heavy (non-hydrogen) atoms. The standard InChI is InChI=1S/C19H22ClN3O2S/c1-13(24)23-11-9-16(10-12-23)22(2)19(25)21-15-5-3-14(4-6-15)17-7-8-18(20)26-17/h3-8,16H,9-12H2,1-2H3,(H,21,25)/p+1. The number of carbonyl (C=O) groups is 2. The number of hydrogen-bond acceptors (Lipinski definition) is 3. The van der Waals surface area contributed by atoms with Crippen molar-refractivity contribution < 1.29 is 14.9 Å². The minimum atomic E-state index is -0.00167. The van der Waals surface area contributed by atoms with Gasteiger partial charge in [0.05, 0.1) is 4.34 Å². The van der Waals surface area contributed by atoms with E-state index in [-0.39, 0.29) is 18.0 Å². The molecule has 1 aliphatic rings. The van der Waals surface area contributed by atoms with Crippen LogP contribution in [0.25, 0.3) is 10.4 Å². The summed E-state index contributed by atoms with van der Waals surface area (Å²) in [6, 6.07) is 12.0. The number of quaternary nitrogens is 1. The van der Waals surface area contributed by atoms with E-state index in [2.05, 4.69) is 0 Å². The van der Waals surface area contributed by atoms with Gasteiger partial charge in [-0.3, -0.25) is 9.69 Å². The Labute approximate surface area is 162 Å². The first-order chi connectivity index (χ1) is 12.4. The Kier molecular flexibility index (Phi) is 5.96. The number of benzene rings is 1. The van der Waals surface area contributed by atoms with Crippen LogP contribution in [-0.2, 0) is 4.79 Å². The van der Waals surface area contributed by atoms with Crippen LogP contribution in [0.3, 0.4) is 0 Å². The second-order valence-electron chi connectivity index (χ2n) is 6.56. The number of piperidine rings is 1. The van der Waals surface area contributed by atoms with Crippen molar-refractivity contribution in [3.63, 3.8) is 0 Å². The van der Waals surface area contributed by atoms with Gasteiger partial charge in [0.15, 0.2) is 0 Å². The molecule has 1 aromatic carbocycles. The maximum absolute atomic E-state index is 12.6. The van der Waals surface area contributed by atoms with Crippen LogP contribution in [0, 0.1) is 0 Å². The number of rotatable bonds is 3. The average molecular weight is 393 g/mol. The SMILES string of the molecule is CC(=O)N1CCC(N(C)C(=O)[NH2+]c2ccc(-c3ccc(Cl)s3)cc2)CC1. The Morgan fingerprint density at radius 3 is 2.35 bits per heavy atom. The van der Waals surface area contributed by atoms with Gasteiger partial charge in [0.25, 0.3) is 0 Å². The molecule has 0 atom stereocenters. The predicted molar refractivity (Wildman–Crippen MR) is 105 cm³/mol. The quantitative estimate of drug-likeness (QED) is 0.814. The van der Waals surface area contributed by atoms with E-state index in [1.807, 2.05) is 48.3 Å². The molecule has 1 fully saturated rings. The molecule has 0 bridgehead atoms. The van der Waals surface area contributed by atoms with E-state index in [0.717, 1.165) is 46.4 Å². The summed E-state index contributed by atoms with van der Waals surface area (Å²) in [5, 5.41) is 1.67. The van der Waals surface area contributed by atoms with E-state index in [0.29, 0.717) is 0 Å². The summed E-state index contributed by atoms with van der Waals surface area (Å²) < 4.78 is 0.767. The summed E-state index contributed by atoms with van der Waals surface area (Å²) in [5.74, 6) is 0.108. The Balaban J connectivity index is 1.56. The molecule has 2 heterocycles. The first kappa shape index (κ1) is 18.9. The molecule has 3 amide bonds. The number of nitrogens with zero attached hydrogens (tertiary/aromatic N) is 2. The first-order valence-corrected chi connectivity index (χ1v) is 9.86. The summed E-state index contributed by atoms with van der Waals surface area (Å²) in [7, 11) is 1.84. The Hall–Kier alpha value is -1.89. The van der Waals surface area contributed by atoms with Crippen LogP contribution in [0.15, 0.2) is 36.4 Å². The summed E-state index contributed by atoms with van der Waals surface area (Å²) in [4.78, 5) is 28.7. The van der Waals surface area contributed by atoms with Crippen molar-refractivity contribution in [1.29, 1.82) is 0 Å². The lowest BCUT2D eigenvalue weighted by Crippen LogP contribution is -2.86. The molecule has 1 aromatic heterocycles. The Morgan fingerprint density at radius 2 is 1.81 bits per heavy atom. The number of hydrogen-bond donors (Lipinski definition) is 1. The number of thiophene rings is 1. The molecule has 0 unspecified atom stereocenters. The van der Waals surface area contributed by atoms with Gasteiger partial charge in [-0.2, -0.15) is 0 Å². The highest BCUT2D eigenvalue weighted by molar-refractivity contribution is 7.19. The van der Waals surface area contributed by atoms with Gasteiger partial charge >= 0.3 is 6.03 Å². The topological polar surface area (TPSA) is 57.2 Å². The van der Waals surface area contributed by atoms with E-state index in [4.69, 9.17) is 11.6 Å². The molecule has 0 radical (unpaired) electrons. The molecule has 0 saturated carbocycles. The molecule has 5 nitrogen and oxygen atoms in total. The van der Waals surface area contributed by atoms with Crippen LogP contribution in [0.2, 0.25) is 4.34 Å².